The number of nitrogens with one attached hydrogen (secondary N) is 2. The van der Waals surface area contributed by atoms with E-state index in [0.717, 1.165) is 36.6 Å². The summed E-state index contributed by atoms with van der Waals surface area (Å²) in [4.78, 5) is 29.9. The molecule has 0 saturated carbocycles. The van der Waals surface area contributed by atoms with Gasteiger partial charge >= 0.3 is 6.03 Å². The highest BCUT2D eigenvalue weighted by Gasteiger charge is 2.15. The van der Waals surface area contributed by atoms with Crippen LogP contribution in [0.3, 0.4) is 0 Å². The van der Waals surface area contributed by atoms with E-state index in [9.17, 15) is 9.59 Å². The normalized spacial score (nSPS) is 15.2. The Morgan fingerprint density at radius 2 is 1.95 bits per heavy atom. The van der Waals surface area contributed by atoms with Crippen molar-refractivity contribution >= 4 is 23.3 Å². The van der Waals surface area contributed by atoms with Gasteiger partial charge in [-0.3, -0.25) is 4.79 Å². The highest BCUT2D eigenvalue weighted by Crippen LogP contribution is 2.10. The van der Waals surface area contributed by atoms with E-state index in [0.29, 0.717) is 19.5 Å². The first-order valence-corrected chi connectivity index (χ1v) is 8.73. The molecule has 1 aliphatic heterocycles. The van der Waals surface area contributed by atoms with Crippen molar-refractivity contribution < 1.29 is 9.59 Å². The Hall–Kier alpha value is -1.63. The first-order chi connectivity index (χ1) is 10.6. The smallest absolute Gasteiger partial charge is 0.315 e. The minimum atomic E-state index is -0.253. The molecule has 6 nitrogen and oxygen atoms in total. The summed E-state index contributed by atoms with van der Waals surface area (Å²) in [7, 11) is 0. The molecule has 1 aliphatic rings. The summed E-state index contributed by atoms with van der Waals surface area (Å²) in [6, 6.07) is -0.253. The maximum atomic E-state index is 12.1. The summed E-state index contributed by atoms with van der Waals surface area (Å²) in [5, 5.41) is 8.31. The molecule has 2 heterocycles. The third kappa shape index (κ3) is 5.63. The number of thiazole rings is 1. The minimum absolute atomic E-state index is 0.137. The van der Waals surface area contributed by atoms with Gasteiger partial charge in [0.2, 0.25) is 5.91 Å². The lowest BCUT2D eigenvalue weighted by molar-refractivity contribution is -0.131. The second-order valence-corrected chi connectivity index (χ2v) is 6.48. The lowest BCUT2D eigenvalue weighted by Crippen LogP contribution is -2.38. The van der Waals surface area contributed by atoms with Crippen molar-refractivity contribution in [1.29, 1.82) is 0 Å². The van der Waals surface area contributed by atoms with Crippen LogP contribution in [-0.4, -0.2) is 41.5 Å². The first-order valence-electron chi connectivity index (χ1n) is 7.85. The predicted octanol–water partition coefficient (Wildman–Crippen LogP) is 2.04. The number of carbonyl (C=O) groups is 2. The summed E-state index contributed by atoms with van der Waals surface area (Å²) in [5.74, 6) is 0.137. The van der Waals surface area contributed by atoms with Crippen LogP contribution in [-0.2, 0) is 11.3 Å². The van der Waals surface area contributed by atoms with E-state index in [1.807, 2.05) is 17.2 Å². The fourth-order valence-electron chi connectivity index (χ4n) is 2.46. The third-order valence-electron chi connectivity index (χ3n) is 3.65. The van der Waals surface area contributed by atoms with Crippen molar-refractivity contribution in [1.82, 2.24) is 20.5 Å². The van der Waals surface area contributed by atoms with Crippen LogP contribution in [0, 0.1) is 6.92 Å². The average molecular weight is 324 g/mol. The summed E-state index contributed by atoms with van der Waals surface area (Å²) in [6.45, 7) is 4.43. The Labute approximate surface area is 135 Å². The number of hydrogen-bond acceptors (Lipinski definition) is 4. The molecule has 0 unspecified atom stereocenters. The second kappa shape index (κ2) is 8.73. The zero-order chi connectivity index (χ0) is 15.8. The van der Waals surface area contributed by atoms with Gasteiger partial charge in [-0.25, -0.2) is 9.78 Å². The molecule has 2 rings (SSSR count). The fraction of sp³-hybridized carbons (Fsp3) is 0.667. The number of amides is 3. The maximum absolute atomic E-state index is 12.1. The molecule has 1 fully saturated rings. The Balaban J connectivity index is 1.60. The number of likely N-dealkylation sites (tertiary alicyclic amines) is 1. The van der Waals surface area contributed by atoms with Gasteiger partial charge in [-0.15, -0.1) is 11.3 Å². The lowest BCUT2D eigenvalue weighted by Gasteiger charge is -2.20. The molecule has 0 radical (unpaired) electrons. The summed E-state index contributed by atoms with van der Waals surface area (Å²) in [5.41, 5.74) is 0.963. The van der Waals surface area contributed by atoms with Gasteiger partial charge in [0.25, 0.3) is 0 Å². The molecular weight excluding hydrogens is 300 g/mol. The van der Waals surface area contributed by atoms with Gasteiger partial charge in [0.1, 0.15) is 5.01 Å². The highest BCUT2D eigenvalue weighted by atomic mass is 32.1. The fourth-order valence-corrected chi connectivity index (χ4v) is 3.17. The zero-order valence-corrected chi connectivity index (χ0v) is 13.9. The minimum Gasteiger partial charge on any atom is -0.343 e. The molecule has 3 amide bonds. The predicted molar refractivity (Wildman–Crippen MR) is 86.8 cm³/mol. The van der Waals surface area contributed by atoms with Gasteiger partial charge in [-0.1, -0.05) is 12.8 Å². The van der Waals surface area contributed by atoms with Gasteiger partial charge in [0, 0.05) is 37.1 Å². The van der Waals surface area contributed by atoms with Crippen molar-refractivity contribution in [2.75, 3.05) is 19.6 Å². The number of carbonyl (C=O) groups excluding carboxylic acids is 2. The topological polar surface area (TPSA) is 74.3 Å². The Morgan fingerprint density at radius 3 is 2.59 bits per heavy atom. The number of nitrogens with zero attached hydrogens (tertiary/aromatic N) is 2. The molecule has 1 aromatic heterocycles. The van der Waals surface area contributed by atoms with Crippen molar-refractivity contribution in [2.24, 2.45) is 0 Å². The van der Waals surface area contributed by atoms with Crippen molar-refractivity contribution in [3.63, 3.8) is 0 Å². The van der Waals surface area contributed by atoms with Crippen LogP contribution in [0.25, 0.3) is 0 Å². The lowest BCUT2D eigenvalue weighted by atomic mass is 10.2. The molecule has 2 N–H and O–H groups in total. The van der Waals surface area contributed by atoms with Crippen molar-refractivity contribution in [3.8, 4) is 0 Å². The zero-order valence-electron chi connectivity index (χ0n) is 13.1. The molecule has 7 heteroatoms. The standard InChI is InChI=1S/C15H24N4O2S/c1-12-11-22-13(18-12)10-17-15(21)16-7-6-14(20)19-8-4-2-3-5-9-19/h11H,2-10H2,1H3,(H2,16,17,21). The number of aromatic nitrogens is 1. The van der Waals surface area contributed by atoms with Gasteiger partial charge < -0.3 is 15.5 Å². The molecule has 0 aromatic carbocycles. The average Bonchev–Trinajstić information content (AvgIpc) is 2.76. The van der Waals surface area contributed by atoms with Crippen LogP contribution in [0.1, 0.15) is 42.8 Å². The van der Waals surface area contributed by atoms with E-state index in [1.165, 1.54) is 24.2 Å². The molecule has 1 aromatic rings. The Morgan fingerprint density at radius 1 is 1.23 bits per heavy atom. The monoisotopic (exact) mass is 324 g/mol. The summed E-state index contributed by atoms with van der Waals surface area (Å²) < 4.78 is 0. The van der Waals surface area contributed by atoms with Gasteiger partial charge in [-0.2, -0.15) is 0 Å². The van der Waals surface area contributed by atoms with Gasteiger partial charge in [0.05, 0.1) is 6.54 Å². The van der Waals surface area contributed by atoms with E-state index in [1.54, 1.807) is 0 Å². The van der Waals surface area contributed by atoms with Crippen molar-refractivity contribution in [2.45, 2.75) is 45.6 Å². The molecule has 122 valence electrons. The molecular formula is C15H24N4O2S. The van der Waals surface area contributed by atoms with Crippen LogP contribution < -0.4 is 10.6 Å². The molecule has 1 saturated heterocycles. The van der Waals surface area contributed by atoms with Gasteiger partial charge in [-0.05, 0) is 19.8 Å². The van der Waals surface area contributed by atoms with Gasteiger partial charge in [0.15, 0.2) is 0 Å². The van der Waals surface area contributed by atoms with Crippen LogP contribution >= 0.6 is 11.3 Å². The number of rotatable bonds is 5. The van der Waals surface area contributed by atoms with E-state index < -0.39 is 0 Å². The first kappa shape index (κ1) is 16.7. The summed E-state index contributed by atoms with van der Waals surface area (Å²) >= 11 is 1.53. The Kier molecular flexibility index (Phi) is 6.64. The van der Waals surface area contributed by atoms with Crippen molar-refractivity contribution in [3.05, 3.63) is 16.1 Å². The van der Waals surface area contributed by atoms with E-state index in [4.69, 9.17) is 0 Å². The Bertz CT molecular complexity index is 495. The largest absolute Gasteiger partial charge is 0.343 e. The van der Waals surface area contributed by atoms with E-state index >= 15 is 0 Å². The molecule has 0 aliphatic carbocycles. The molecule has 0 bridgehead atoms. The third-order valence-corrected chi connectivity index (χ3v) is 4.62. The number of hydrogen-bond donors (Lipinski definition) is 2. The molecule has 0 spiro atoms. The maximum Gasteiger partial charge on any atom is 0.315 e. The van der Waals surface area contributed by atoms with Crippen LogP contribution in [0.4, 0.5) is 4.79 Å². The summed E-state index contributed by atoms with van der Waals surface area (Å²) in [6.07, 6.45) is 4.96. The number of aryl methyl sites for hydroxylation is 1. The van der Waals surface area contributed by atoms with E-state index in [-0.39, 0.29) is 11.9 Å². The molecule has 0 atom stereocenters. The van der Waals surface area contributed by atoms with Crippen LogP contribution in [0.2, 0.25) is 0 Å². The molecule has 22 heavy (non-hydrogen) atoms. The van der Waals surface area contributed by atoms with Crippen LogP contribution in [0.15, 0.2) is 5.38 Å². The quantitative estimate of drug-likeness (QED) is 0.870. The highest BCUT2D eigenvalue weighted by molar-refractivity contribution is 7.09. The SMILES string of the molecule is Cc1csc(CNC(=O)NCCC(=O)N2CCCCCC2)n1. The second-order valence-electron chi connectivity index (χ2n) is 5.54. The number of urea groups is 1. The van der Waals surface area contributed by atoms with Crippen LogP contribution in [0.5, 0.6) is 0 Å². The van der Waals surface area contributed by atoms with E-state index in [2.05, 4.69) is 15.6 Å².